The SMILES string of the molecule is CCCc1cc(CCc2ccccc2)cc(Cc2ccc(F)cc2)c1. The van der Waals surface area contributed by atoms with Crippen LogP contribution in [0.2, 0.25) is 0 Å². The molecule has 0 saturated carbocycles. The third kappa shape index (κ3) is 5.29. The molecule has 1 heteroatoms. The molecule has 0 aromatic heterocycles. The van der Waals surface area contributed by atoms with Gasteiger partial charge in [-0.25, -0.2) is 4.39 Å². The number of hydrogen-bond donors (Lipinski definition) is 0. The molecule has 0 nitrogen and oxygen atoms in total. The zero-order chi connectivity index (χ0) is 17.5. The van der Waals surface area contributed by atoms with Crippen LogP contribution in [0.3, 0.4) is 0 Å². The van der Waals surface area contributed by atoms with E-state index in [9.17, 15) is 4.39 Å². The lowest BCUT2D eigenvalue weighted by Gasteiger charge is -2.10. The fourth-order valence-corrected chi connectivity index (χ4v) is 3.29. The first kappa shape index (κ1) is 17.4. The Kier molecular flexibility index (Phi) is 6.00. The van der Waals surface area contributed by atoms with E-state index in [1.165, 1.54) is 22.3 Å². The summed E-state index contributed by atoms with van der Waals surface area (Å²) in [6.45, 7) is 2.22. The van der Waals surface area contributed by atoms with Gasteiger partial charge in [-0.1, -0.05) is 74.0 Å². The van der Waals surface area contributed by atoms with Gasteiger partial charge in [-0.05, 0) is 65.6 Å². The van der Waals surface area contributed by atoms with Gasteiger partial charge in [-0.15, -0.1) is 0 Å². The second kappa shape index (κ2) is 8.62. The molecule has 0 atom stereocenters. The smallest absolute Gasteiger partial charge is 0.123 e. The second-order valence-corrected chi connectivity index (χ2v) is 6.70. The van der Waals surface area contributed by atoms with Crippen LogP contribution in [0.1, 0.15) is 41.2 Å². The molecule has 3 aromatic rings. The van der Waals surface area contributed by atoms with E-state index in [2.05, 4.69) is 55.5 Å². The molecule has 0 fully saturated rings. The highest BCUT2D eigenvalue weighted by atomic mass is 19.1. The Bertz CT molecular complexity index is 788. The average Bonchev–Trinajstić information content (AvgIpc) is 2.63. The summed E-state index contributed by atoms with van der Waals surface area (Å²) in [5.41, 5.74) is 6.66. The molecule has 0 unspecified atom stereocenters. The molecule has 128 valence electrons. The first-order chi connectivity index (χ1) is 12.2. The first-order valence-corrected chi connectivity index (χ1v) is 9.13. The van der Waals surface area contributed by atoms with Crippen LogP contribution in [0.4, 0.5) is 4.39 Å². The number of benzene rings is 3. The Balaban J connectivity index is 1.77. The van der Waals surface area contributed by atoms with Gasteiger partial charge in [0.2, 0.25) is 0 Å². The lowest BCUT2D eigenvalue weighted by Crippen LogP contribution is -1.97. The molecule has 0 spiro atoms. The van der Waals surface area contributed by atoms with E-state index in [0.717, 1.165) is 37.7 Å². The molecular formula is C24H25F. The number of hydrogen-bond acceptors (Lipinski definition) is 0. The molecule has 0 N–H and O–H groups in total. The Morgan fingerprint density at radius 1 is 0.600 bits per heavy atom. The van der Waals surface area contributed by atoms with Gasteiger partial charge in [0.25, 0.3) is 0 Å². The predicted octanol–water partition coefficient (Wildman–Crippen LogP) is 6.15. The van der Waals surface area contributed by atoms with E-state index in [0.29, 0.717) is 0 Å². The molecular weight excluding hydrogens is 307 g/mol. The largest absolute Gasteiger partial charge is 0.207 e. The van der Waals surface area contributed by atoms with E-state index in [4.69, 9.17) is 0 Å². The van der Waals surface area contributed by atoms with Gasteiger partial charge in [0.05, 0.1) is 0 Å². The second-order valence-electron chi connectivity index (χ2n) is 6.70. The first-order valence-electron chi connectivity index (χ1n) is 9.13. The highest BCUT2D eigenvalue weighted by Crippen LogP contribution is 2.18. The van der Waals surface area contributed by atoms with E-state index >= 15 is 0 Å². The van der Waals surface area contributed by atoms with Crippen molar-refractivity contribution in [3.63, 3.8) is 0 Å². The molecule has 3 aromatic carbocycles. The minimum atomic E-state index is -0.174. The van der Waals surface area contributed by atoms with E-state index in [-0.39, 0.29) is 5.82 Å². The van der Waals surface area contributed by atoms with Gasteiger partial charge in [-0.3, -0.25) is 0 Å². The lowest BCUT2D eigenvalue weighted by atomic mass is 9.95. The zero-order valence-electron chi connectivity index (χ0n) is 14.8. The average molecular weight is 332 g/mol. The molecule has 0 saturated heterocycles. The van der Waals surface area contributed by atoms with E-state index in [1.54, 1.807) is 12.1 Å². The number of rotatable bonds is 7. The van der Waals surface area contributed by atoms with Crippen LogP contribution in [-0.4, -0.2) is 0 Å². The van der Waals surface area contributed by atoms with Crippen LogP contribution in [0.25, 0.3) is 0 Å². The summed E-state index contributed by atoms with van der Waals surface area (Å²) in [6.07, 6.45) is 5.23. The lowest BCUT2D eigenvalue weighted by molar-refractivity contribution is 0.627. The predicted molar refractivity (Wildman–Crippen MR) is 103 cm³/mol. The topological polar surface area (TPSA) is 0 Å². The van der Waals surface area contributed by atoms with Crippen molar-refractivity contribution < 1.29 is 4.39 Å². The summed E-state index contributed by atoms with van der Waals surface area (Å²) in [4.78, 5) is 0. The quantitative estimate of drug-likeness (QED) is 0.486. The Morgan fingerprint density at radius 3 is 1.88 bits per heavy atom. The fraction of sp³-hybridized carbons (Fsp3) is 0.250. The molecule has 0 amide bonds. The normalized spacial score (nSPS) is 10.8. The van der Waals surface area contributed by atoms with Crippen molar-refractivity contribution in [3.8, 4) is 0 Å². The Hall–Kier alpha value is -2.41. The van der Waals surface area contributed by atoms with E-state index in [1.807, 2.05) is 12.1 Å². The summed E-state index contributed by atoms with van der Waals surface area (Å²) in [5, 5.41) is 0. The highest BCUT2D eigenvalue weighted by Gasteiger charge is 2.04. The molecule has 0 aliphatic rings. The maximum Gasteiger partial charge on any atom is 0.123 e. The number of aryl methyl sites for hydroxylation is 3. The zero-order valence-corrected chi connectivity index (χ0v) is 14.8. The van der Waals surface area contributed by atoms with Crippen LogP contribution in [0.5, 0.6) is 0 Å². The third-order valence-corrected chi connectivity index (χ3v) is 4.52. The summed E-state index contributed by atoms with van der Waals surface area (Å²) in [6, 6.07) is 24.5. The van der Waals surface area contributed by atoms with Crippen LogP contribution >= 0.6 is 0 Å². The van der Waals surface area contributed by atoms with Gasteiger partial charge in [0, 0.05) is 0 Å². The molecule has 0 bridgehead atoms. The minimum Gasteiger partial charge on any atom is -0.207 e. The van der Waals surface area contributed by atoms with Crippen LogP contribution in [0, 0.1) is 5.82 Å². The number of halogens is 1. The summed E-state index contributed by atoms with van der Waals surface area (Å²) in [7, 11) is 0. The van der Waals surface area contributed by atoms with Gasteiger partial charge in [-0.2, -0.15) is 0 Å². The molecule has 3 rings (SSSR count). The Morgan fingerprint density at radius 2 is 1.20 bits per heavy atom. The van der Waals surface area contributed by atoms with Gasteiger partial charge >= 0.3 is 0 Å². The Labute approximate surface area is 150 Å². The van der Waals surface area contributed by atoms with Crippen LogP contribution in [0.15, 0.2) is 72.8 Å². The highest BCUT2D eigenvalue weighted by molar-refractivity contribution is 5.35. The van der Waals surface area contributed by atoms with Crippen molar-refractivity contribution in [1.29, 1.82) is 0 Å². The summed E-state index contributed by atoms with van der Waals surface area (Å²) < 4.78 is 13.1. The van der Waals surface area contributed by atoms with Crippen LogP contribution in [-0.2, 0) is 25.7 Å². The maximum atomic E-state index is 13.1. The molecule has 0 aliphatic heterocycles. The van der Waals surface area contributed by atoms with Crippen molar-refractivity contribution in [2.75, 3.05) is 0 Å². The van der Waals surface area contributed by atoms with Crippen molar-refractivity contribution in [2.45, 2.75) is 39.0 Å². The minimum absolute atomic E-state index is 0.174. The van der Waals surface area contributed by atoms with Gasteiger partial charge in [0.1, 0.15) is 5.82 Å². The van der Waals surface area contributed by atoms with Crippen LogP contribution < -0.4 is 0 Å². The standard InChI is InChI=1S/C24H25F/c1-2-6-21-16-22(10-9-19-7-4-3-5-8-19)18-23(17-21)15-20-11-13-24(25)14-12-20/h3-5,7-8,11-14,16-18H,2,6,9-10,15H2,1H3. The fourth-order valence-electron chi connectivity index (χ4n) is 3.29. The van der Waals surface area contributed by atoms with Gasteiger partial charge in [0.15, 0.2) is 0 Å². The molecule has 0 heterocycles. The molecule has 25 heavy (non-hydrogen) atoms. The maximum absolute atomic E-state index is 13.1. The molecule has 0 aliphatic carbocycles. The monoisotopic (exact) mass is 332 g/mol. The van der Waals surface area contributed by atoms with Crippen molar-refractivity contribution in [3.05, 3.63) is 106 Å². The summed E-state index contributed by atoms with van der Waals surface area (Å²) in [5.74, 6) is -0.174. The summed E-state index contributed by atoms with van der Waals surface area (Å²) >= 11 is 0. The van der Waals surface area contributed by atoms with E-state index < -0.39 is 0 Å². The third-order valence-electron chi connectivity index (χ3n) is 4.52. The molecule has 0 radical (unpaired) electrons. The van der Waals surface area contributed by atoms with Crippen molar-refractivity contribution in [2.24, 2.45) is 0 Å². The van der Waals surface area contributed by atoms with Crippen molar-refractivity contribution >= 4 is 0 Å². The van der Waals surface area contributed by atoms with Crippen molar-refractivity contribution in [1.82, 2.24) is 0 Å². The van der Waals surface area contributed by atoms with Gasteiger partial charge < -0.3 is 0 Å².